The number of hydrogen-bond acceptors (Lipinski definition) is 4. The Bertz CT molecular complexity index is 363. The Morgan fingerprint density at radius 1 is 1.35 bits per heavy atom. The number of thioether (sulfide) groups is 1. The number of carbonyl (C=O) groups excluding carboxylic acids is 2. The first-order valence-corrected chi connectivity index (χ1v) is 8.72. The van der Waals surface area contributed by atoms with E-state index < -0.39 is 0 Å². The van der Waals surface area contributed by atoms with Gasteiger partial charge >= 0.3 is 0 Å². The number of nitrogens with one attached hydrogen (secondary N) is 1. The normalized spacial score (nSPS) is 30.1. The largest absolute Gasteiger partial charge is 0.345 e. The van der Waals surface area contributed by atoms with Crippen LogP contribution in [0.25, 0.3) is 0 Å². The molecule has 5 nitrogen and oxygen atoms in total. The molecule has 1 aliphatic carbocycles. The van der Waals surface area contributed by atoms with Gasteiger partial charge in [0.1, 0.15) is 6.04 Å². The molecule has 2 rings (SSSR count). The highest BCUT2D eigenvalue weighted by molar-refractivity contribution is 7.98. The fourth-order valence-electron chi connectivity index (χ4n) is 3.40. The second-order valence-corrected chi connectivity index (χ2v) is 6.94. The highest BCUT2D eigenvalue weighted by Crippen LogP contribution is 2.35. The Balaban J connectivity index is 1.98. The molecular weight excluding hydrogens is 274 g/mol. The molecule has 0 aromatic rings. The number of nitrogens with two attached hydrogens (primary N) is 1. The minimum Gasteiger partial charge on any atom is -0.345 e. The van der Waals surface area contributed by atoms with Crippen LogP contribution in [-0.4, -0.2) is 53.9 Å². The molecule has 2 aliphatic rings. The van der Waals surface area contributed by atoms with E-state index in [0.717, 1.165) is 31.7 Å². The van der Waals surface area contributed by atoms with Gasteiger partial charge in [-0.05, 0) is 43.1 Å². The Morgan fingerprint density at radius 3 is 2.45 bits per heavy atom. The van der Waals surface area contributed by atoms with Crippen molar-refractivity contribution in [3.63, 3.8) is 0 Å². The van der Waals surface area contributed by atoms with Gasteiger partial charge in [0.2, 0.25) is 11.8 Å². The van der Waals surface area contributed by atoms with Gasteiger partial charge < -0.3 is 16.0 Å². The van der Waals surface area contributed by atoms with Crippen molar-refractivity contribution in [2.45, 2.75) is 38.3 Å². The van der Waals surface area contributed by atoms with Crippen LogP contribution in [0.1, 0.15) is 26.2 Å². The van der Waals surface area contributed by atoms with E-state index in [0.29, 0.717) is 18.3 Å². The van der Waals surface area contributed by atoms with E-state index in [1.54, 1.807) is 11.8 Å². The monoisotopic (exact) mass is 299 g/mol. The fraction of sp³-hybridized carbons (Fsp3) is 0.857. The maximum absolute atomic E-state index is 12.6. The molecule has 2 fully saturated rings. The van der Waals surface area contributed by atoms with E-state index in [4.69, 9.17) is 5.73 Å². The van der Waals surface area contributed by atoms with E-state index in [-0.39, 0.29) is 23.9 Å². The average molecular weight is 299 g/mol. The van der Waals surface area contributed by atoms with Gasteiger partial charge in [-0.25, -0.2) is 0 Å². The summed E-state index contributed by atoms with van der Waals surface area (Å²) in [5.41, 5.74) is 6.17. The predicted octanol–water partition coefficient (Wildman–Crippen LogP) is 0.440. The summed E-state index contributed by atoms with van der Waals surface area (Å²) in [5, 5.41) is 2.80. The number of fused-ring (bicyclic) bond motifs is 2. The lowest BCUT2D eigenvalue weighted by Crippen LogP contribution is -2.56. The van der Waals surface area contributed by atoms with Gasteiger partial charge in [-0.15, -0.1) is 0 Å². The lowest BCUT2D eigenvalue weighted by Gasteiger charge is -2.38. The average Bonchev–Trinajstić information content (AvgIpc) is 2.65. The highest BCUT2D eigenvalue weighted by atomic mass is 32.2. The summed E-state index contributed by atoms with van der Waals surface area (Å²) in [6, 6.07) is -0.127. The molecule has 0 aromatic heterocycles. The molecule has 3 N–H and O–H groups in total. The molecular formula is C14H25N3O2S. The van der Waals surface area contributed by atoms with Crippen molar-refractivity contribution in [2.75, 3.05) is 25.1 Å². The number of piperidine rings is 1. The summed E-state index contributed by atoms with van der Waals surface area (Å²) in [5.74, 6) is 1.68. The molecule has 2 bridgehead atoms. The summed E-state index contributed by atoms with van der Waals surface area (Å²) in [7, 11) is 0. The Hall–Kier alpha value is -0.750. The second kappa shape index (κ2) is 6.80. The van der Waals surface area contributed by atoms with Crippen molar-refractivity contribution in [1.29, 1.82) is 0 Å². The third-order valence-electron chi connectivity index (χ3n) is 4.50. The quantitative estimate of drug-likeness (QED) is 0.772. The maximum atomic E-state index is 12.6. The SMILES string of the molecule is CSCC[C@H](NC(C)=O)C(=O)N1C[C@H]2CC[C@@H](C1)C2N. The number of hydrogen-bond donors (Lipinski definition) is 2. The number of carbonyl (C=O) groups is 2. The molecule has 0 radical (unpaired) electrons. The van der Waals surface area contributed by atoms with Crippen molar-refractivity contribution in [3.05, 3.63) is 0 Å². The lowest BCUT2D eigenvalue weighted by atomic mass is 9.92. The van der Waals surface area contributed by atoms with Crippen LogP contribution < -0.4 is 11.1 Å². The van der Waals surface area contributed by atoms with Crippen molar-refractivity contribution in [3.8, 4) is 0 Å². The maximum Gasteiger partial charge on any atom is 0.245 e. The molecule has 1 saturated carbocycles. The van der Waals surface area contributed by atoms with Crippen molar-refractivity contribution in [1.82, 2.24) is 10.2 Å². The van der Waals surface area contributed by atoms with Gasteiger partial charge in [-0.1, -0.05) is 0 Å². The fourth-order valence-corrected chi connectivity index (χ4v) is 3.87. The predicted molar refractivity (Wildman–Crippen MR) is 81.4 cm³/mol. The first kappa shape index (κ1) is 15.6. The van der Waals surface area contributed by atoms with Crippen molar-refractivity contribution in [2.24, 2.45) is 17.6 Å². The first-order chi connectivity index (χ1) is 9.52. The molecule has 1 saturated heterocycles. The molecule has 20 heavy (non-hydrogen) atoms. The van der Waals surface area contributed by atoms with Crippen LogP contribution in [0.2, 0.25) is 0 Å². The van der Waals surface area contributed by atoms with Gasteiger partial charge in [-0.3, -0.25) is 9.59 Å². The van der Waals surface area contributed by atoms with Crippen LogP contribution in [0.5, 0.6) is 0 Å². The lowest BCUT2D eigenvalue weighted by molar-refractivity contribution is -0.138. The van der Waals surface area contributed by atoms with E-state index in [1.807, 2.05) is 11.2 Å². The zero-order valence-electron chi connectivity index (χ0n) is 12.3. The van der Waals surface area contributed by atoms with Crippen LogP contribution in [-0.2, 0) is 9.59 Å². The van der Waals surface area contributed by atoms with E-state index in [9.17, 15) is 9.59 Å². The van der Waals surface area contributed by atoms with Gasteiger partial charge in [0.05, 0.1) is 0 Å². The number of likely N-dealkylation sites (tertiary alicyclic amines) is 1. The Kier molecular flexibility index (Phi) is 5.32. The Morgan fingerprint density at radius 2 is 1.95 bits per heavy atom. The third-order valence-corrected chi connectivity index (χ3v) is 5.15. The van der Waals surface area contributed by atoms with E-state index in [2.05, 4.69) is 5.32 Å². The zero-order valence-corrected chi connectivity index (χ0v) is 13.1. The van der Waals surface area contributed by atoms with Gasteiger partial charge in [0, 0.05) is 26.1 Å². The molecule has 0 spiro atoms. The molecule has 2 amide bonds. The summed E-state index contributed by atoms with van der Waals surface area (Å²) < 4.78 is 0. The number of amides is 2. The smallest absolute Gasteiger partial charge is 0.245 e. The van der Waals surface area contributed by atoms with Crippen molar-refractivity contribution >= 4 is 23.6 Å². The molecule has 114 valence electrons. The standard InChI is InChI=1S/C14H25N3O2S/c1-9(18)16-12(5-6-20-2)14(19)17-7-10-3-4-11(8-17)13(10)15/h10-13H,3-8,15H2,1-2H3,(H,16,18)/t10-,11+,12-,13?/m0/s1. The minimum absolute atomic E-state index is 0.0676. The van der Waals surface area contributed by atoms with Crippen LogP contribution in [0, 0.1) is 11.8 Å². The molecule has 1 heterocycles. The van der Waals surface area contributed by atoms with E-state index in [1.165, 1.54) is 6.92 Å². The van der Waals surface area contributed by atoms with E-state index >= 15 is 0 Å². The summed E-state index contributed by atoms with van der Waals surface area (Å²) in [6.45, 7) is 2.98. The molecule has 1 aliphatic heterocycles. The summed E-state index contributed by atoms with van der Waals surface area (Å²) in [6.07, 6.45) is 4.96. The second-order valence-electron chi connectivity index (χ2n) is 5.95. The molecule has 0 aromatic carbocycles. The number of rotatable bonds is 5. The summed E-state index contributed by atoms with van der Waals surface area (Å²) in [4.78, 5) is 25.8. The zero-order chi connectivity index (χ0) is 14.7. The number of nitrogens with zero attached hydrogens (tertiary/aromatic N) is 1. The molecule has 4 atom stereocenters. The first-order valence-electron chi connectivity index (χ1n) is 7.33. The van der Waals surface area contributed by atoms with Crippen LogP contribution in [0.3, 0.4) is 0 Å². The molecule has 6 heteroatoms. The van der Waals surface area contributed by atoms with Gasteiger partial charge in [-0.2, -0.15) is 11.8 Å². The minimum atomic E-state index is -0.381. The highest BCUT2D eigenvalue weighted by Gasteiger charge is 2.42. The Labute approximate surface area is 125 Å². The topological polar surface area (TPSA) is 75.4 Å². The molecule has 1 unspecified atom stereocenters. The van der Waals surface area contributed by atoms with Gasteiger partial charge in [0.25, 0.3) is 0 Å². The van der Waals surface area contributed by atoms with Gasteiger partial charge in [0.15, 0.2) is 0 Å². The van der Waals surface area contributed by atoms with Crippen LogP contribution in [0.4, 0.5) is 0 Å². The third kappa shape index (κ3) is 3.47. The van der Waals surface area contributed by atoms with Crippen molar-refractivity contribution < 1.29 is 9.59 Å². The van der Waals surface area contributed by atoms with Crippen LogP contribution >= 0.6 is 11.8 Å². The van der Waals surface area contributed by atoms with Crippen LogP contribution in [0.15, 0.2) is 0 Å². The summed E-state index contributed by atoms with van der Waals surface area (Å²) >= 11 is 1.69.